The summed E-state index contributed by atoms with van der Waals surface area (Å²) in [7, 11) is 0. The van der Waals surface area contributed by atoms with E-state index in [0.717, 1.165) is 12.8 Å². The first-order chi connectivity index (χ1) is 4.74. The summed E-state index contributed by atoms with van der Waals surface area (Å²) in [5, 5.41) is 9.81. The van der Waals surface area contributed by atoms with Crippen LogP contribution in [0.5, 0.6) is 0 Å². The number of aliphatic hydroxyl groups is 1. The second-order valence-corrected chi connectivity index (χ2v) is 3.50. The maximum Gasteiger partial charge on any atom is 0.0837 e. The summed E-state index contributed by atoms with van der Waals surface area (Å²) >= 11 is 0. The van der Waals surface area contributed by atoms with E-state index in [9.17, 15) is 5.11 Å². The topological polar surface area (TPSA) is 46.2 Å². The quantitative estimate of drug-likeness (QED) is 0.512. The molecule has 2 nitrogen and oxygen atoms in total. The van der Waals surface area contributed by atoms with Gasteiger partial charge in [-0.15, -0.1) is 0 Å². The fourth-order valence-corrected chi connectivity index (χ4v) is 2.16. The van der Waals surface area contributed by atoms with Crippen LogP contribution in [0.25, 0.3) is 0 Å². The van der Waals surface area contributed by atoms with Gasteiger partial charge >= 0.3 is 0 Å². The van der Waals surface area contributed by atoms with Crippen LogP contribution in [0.4, 0.5) is 0 Å². The third-order valence-corrected chi connectivity index (χ3v) is 2.83. The zero-order valence-electron chi connectivity index (χ0n) is 5.96. The van der Waals surface area contributed by atoms with E-state index in [1.807, 2.05) is 0 Å². The summed E-state index contributed by atoms with van der Waals surface area (Å²) in [5.74, 6) is 0.959. The highest BCUT2D eigenvalue weighted by Crippen LogP contribution is 2.45. The first-order valence-electron chi connectivity index (χ1n) is 3.85. The maximum absolute atomic E-state index is 9.81. The molecule has 2 heteroatoms. The molecule has 10 heavy (non-hydrogen) atoms. The third kappa shape index (κ3) is 0.662. The van der Waals surface area contributed by atoms with Gasteiger partial charge in [0.1, 0.15) is 0 Å². The van der Waals surface area contributed by atoms with Crippen LogP contribution in [-0.2, 0) is 0 Å². The Labute approximate surface area is 60.7 Å². The molecule has 2 aliphatic carbocycles. The Morgan fingerprint density at radius 2 is 2.40 bits per heavy atom. The van der Waals surface area contributed by atoms with Crippen molar-refractivity contribution in [2.24, 2.45) is 17.6 Å². The van der Waals surface area contributed by atoms with Crippen LogP contribution < -0.4 is 5.73 Å². The van der Waals surface area contributed by atoms with Crippen LogP contribution in [0.3, 0.4) is 0 Å². The highest BCUT2D eigenvalue weighted by molar-refractivity contribution is 5.16. The average Bonchev–Trinajstić information content (AvgIpc) is 2.46. The minimum atomic E-state index is -0.556. The zero-order chi connectivity index (χ0) is 7.19. The molecule has 0 unspecified atom stereocenters. The molecule has 2 aliphatic rings. The third-order valence-electron chi connectivity index (χ3n) is 2.83. The maximum atomic E-state index is 9.81. The van der Waals surface area contributed by atoms with Gasteiger partial charge in [0.15, 0.2) is 0 Å². The lowest BCUT2D eigenvalue weighted by atomic mass is 9.89. The molecular weight excluding hydrogens is 126 g/mol. The van der Waals surface area contributed by atoms with E-state index in [4.69, 9.17) is 5.73 Å². The van der Waals surface area contributed by atoms with Crippen molar-refractivity contribution in [1.82, 2.24) is 0 Å². The van der Waals surface area contributed by atoms with Crippen molar-refractivity contribution in [2.75, 3.05) is 6.54 Å². The normalized spacial score (nSPS) is 50.6. The number of fused-ring (bicyclic) bond motifs is 2. The molecule has 0 aromatic carbocycles. The van der Waals surface area contributed by atoms with Crippen molar-refractivity contribution in [3.05, 3.63) is 12.2 Å². The highest BCUT2D eigenvalue weighted by atomic mass is 16.3. The second kappa shape index (κ2) is 1.83. The molecule has 56 valence electrons. The van der Waals surface area contributed by atoms with Gasteiger partial charge in [-0.05, 0) is 18.8 Å². The molecule has 2 bridgehead atoms. The Bertz CT molecular complexity index is 178. The Hall–Kier alpha value is -0.340. The highest BCUT2D eigenvalue weighted by Gasteiger charge is 2.45. The van der Waals surface area contributed by atoms with Gasteiger partial charge in [0.2, 0.25) is 0 Å². The van der Waals surface area contributed by atoms with Gasteiger partial charge in [-0.3, -0.25) is 0 Å². The lowest BCUT2D eigenvalue weighted by molar-refractivity contribution is 0.0240. The summed E-state index contributed by atoms with van der Waals surface area (Å²) < 4.78 is 0. The van der Waals surface area contributed by atoms with Crippen LogP contribution in [0.1, 0.15) is 12.8 Å². The summed E-state index contributed by atoms with van der Waals surface area (Å²) in [5.41, 5.74) is 4.91. The molecule has 3 atom stereocenters. The van der Waals surface area contributed by atoms with Gasteiger partial charge in [-0.2, -0.15) is 0 Å². The molecule has 2 rings (SSSR count). The molecule has 1 fully saturated rings. The number of hydrogen-bond acceptors (Lipinski definition) is 2. The number of hydrogen-bond donors (Lipinski definition) is 2. The lowest BCUT2D eigenvalue weighted by Gasteiger charge is -2.27. The van der Waals surface area contributed by atoms with Gasteiger partial charge in [-0.1, -0.05) is 12.2 Å². The van der Waals surface area contributed by atoms with Crippen molar-refractivity contribution in [1.29, 1.82) is 0 Å². The molecule has 0 aromatic rings. The Kier molecular flexibility index (Phi) is 1.17. The minimum Gasteiger partial charge on any atom is -0.388 e. The van der Waals surface area contributed by atoms with E-state index in [1.54, 1.807) is 0 Å². The van der Waals surface area contributed by atoms with E-state index in [0.29, 0.717) is 18.4 Å². The standard InChI is InChI=1S/C8H13NO/c9-5-8(10)4-6-1-2-7(8)3-6/h1-2,6-7,10H,3-5,9H2/t6-,7+,8+/m0/s1. The largest absolute Gasteiger partial charge is 0.388 e. The van der Waals surface area contributed by atoms with Crippen LogP contribution >= 0.6 is 0 Å². The van der Waals surface area contributed by atoms with E-state index in [-0.39, 0.29) is 0 Å². The summed E-state index contributed by atoms with van der Waals surface area (Å²) in [6.07, 6.45) is 6.31. The molecule has 3 N–H and O–H groups in total. The van der Waals surface area contributed by atoms with E-state index < -0.39 is 5.60 Å². The van der Waals surface area contributed by atoms with Gasteiger partial charge < -0.3 is 10.8 Å². The van der Waals surface area contributed by atoms with Gasteiger partial charge in [0.25, 0.3) is 0 Å². The molecular formula is C8H13NO. The summed E-state index contributed by atoms with van der Waals surface area (Å²) in [6.45, 7) is 0.415. The van der Waals surface area contributed by atoms with Crippen molar-refractivity contribution < 1.29 is 5.11 Å². The lowest BCUT2D eigenvalue weighted by Crippen LogP contribution is -2.41. The first kappa shape index (κ1) is 6.38. The van der Waals surface area contributed by atoms with Crippen molar-refractivity contribution in [2.45, 2.75) is 18.4 Å². The molecule has 0 saturated heterocycles. The van der Waals surface area contributed by atoms with E-state index >= 15 is 0 Å². The SMILES string of the molecule is NC[C@]1(O)C[C@H]2C=C[C@@H]1C2. The minimum absolute atomic E-state index is 0.350. The Balaban J connectivity index is 2.22. The fraction of sp³-hybridized carbons (Fsp3) is 0.750. The molecule has 0 aromatic heterocycles. The van der Waals surface area contributed by atoms with Gasteiger partial charge in [-0.25, -0.2) is 0 Å². The van der Waals surface area contributed by atoms with E-state index in [2.05, 4.69) is 12.2 Å². The van der Waals surface area contributed by atoms with E-state index in [1.165, 1.54) is 0 Å². The van der Waals surface area contributed by atoms with Crippen LogP contribution in [0.15, 0.2) is 12.2 Å². The second-order valence-electron chi connectivity index (χ2n) is 3.50. The number of nitrogens with two attached hydrogens (primary N) is 1. The van der Waals surface area contributed by atoms with Crippen LogP contribution in [0, 0.1) is 11.8 Å². The average molecular weight is 139 g/mol. The summed E-state index contributed by atoms with van der Waals surface area (Å²) in [6, 6.07) is 0. The van der Waals surface area contributed by atoms with Crippen molar-refractivity contribution >= 4 is 0 Å². The Morgan fingerprint density at radius 1 is 1.60 bits per heavy atom. The molecule has 0 amide bonds. The Morgan fingerprint density at radius 3 is 2.70 bits per heavy atom. The molecule has 0 radical (unpaired) electrons. The molecule has 0 spiro atoms. The number of allylic oxidation sites excluding steroid dienone is 1. The summed E-state index contributed by atoms with van der Waals surface area (Å²) in [4.78, 5) is 0. The molecule has 1 saturated carbocycles. The van der Waals surface area contributed by atoms with Gasteiger partial charge in [0, 0.05) is 12.5 Å². The van der Waals surface area contributed by atoms with Crippen molar-refractivity contribution in [3.8, 4) is 0 Å². The smallest absolute Gasteiger partial charge is 0.0837 e. The van der Waals surface area contributed by atoms with Crippen LogP contribution in [0.2, 0.25) is 0 Å². The van der Waals surface area contributed by atoms with Crippen molar-refractivity contribution in [3.63, 3.8) is 0 Å². The fourth-order valence-electron chi connectivity index (χ4n) is 2.16. The molecule has 0 aliphatic heterocycles. The zero-order valence-corrected chi connectivity index (χ0v) is 5.96. The monoisotopic (exact) mass is 139 g/mol. The predicted octanol–water partition coefficient (Wildman–Crippen LogP) is 0.272. The van der Waals surface area contributed by atoms with Crippen LogP contribution in [-0.4, -0.2) is 17.3 Å². The number of rotatable bonds is 1. The van der Waals surface area contributed by atoms with Gasteiger partial charge in [0.05, 0.1) is 5.60 Å². The first-order valence-corrected chi connectivity index (χ1v) is 3.85. The predicted molar refractivity (Wildman–Crippen MR) is 39.4 cm³/mol. The molecule has 0 heterocycles.